The average molecular weight is 595 g/mol. The fourth-order valence-electron chi connectivity index (χ4n) is 2.86. The molecule has 0 aliphatic heterocycles. The summed E-state index contributed by atoms with van der Waals surface area (Å²) in [5.74, 6) is 0.966. The van der Waals surface area contributed by atoms with Crippen LogP contribution in [0, 0.1) is 10.5 Å². The topological polar surface area (TPSA) is 63.6 Å². The van der Waals surface area contributed by atoms with E-state index in [-0.39, 0.29) is 4.90 Å². The van der Waals surface area contributed by atoms with Gasteiger partial charge in [-0.25, -0.2) is 0 Å². The molecule has 2 radical (unpaired) electrons. The minimum atomic E-state index is -4.02. The summed E-state index contributed by atoms with van der Waals surface area (Å²) in [6.07, 6.45) is 1.13. The third-order valence-corrected chi connectivity index (χ3v) is 8.08. The number of ether oxygens (including phenoxy) is 1. The highest BCUT2D eigenvalue weighted by molar-refractivity contribution is 14.1. The molecular formula is C26H31IO4SSi. The maximum Gasteiger partial charge on any atom is 0.294 e. The summed E-state index contributed by atoms with van der Waals surface area (Å²) in [6, 6.07) is 24.1. The Morgan fingerprint density at radius 3 is 2.09 bits per heavy atom. The van der Waals surface area contributed by atoms with E-state index in [4.69, 9.17) is 9.29 Å². The summed E-state index contributed by atoms with van der Waals surface area (Å²) in [7, 11) is -3.01. The third kappa shape index (κ3) is 10.4. The van der Waals surface area contributed by atoms with Crippen LogP contribution in [0.1, 0.15) is 32.8 Å². The van der Waals surface area contributed by atoms with E-state index in [0.29, 0.717) is 5.04 Å². The van der Waals surface area contributed by atoms with Crippen molar-refractivity contribution in [3.05, 3.63) is 81.9 Å². The zero-order chi connectivity index (χ0) is 24.5. The Morgan fingerprint density at radius 1 is 0.939 bits per heavy atom. The zero-order valence-corrected chi connectivity index (χ0v) is 23.5. The van der Waals surface area contributed by atoms with Crippen LogP contribution in [-0.4, -0.2) is 29.1 Å². The molecule has 0 aromatic heterocycles. The first kappa shape index (κ1) is 27.6. The second-order valence-electron chi connectivity index (χ2n) is 8.67. The van der Waals surface area contributed by atoms with Crippen molar-refractivity contribution in [2.24, 2.45) is 0 Å². The van der Waals surface area contributed by atoms with Gasteiger partial charge in [-0.2, -0.15) is 8.42 Å². The summed E-state index contributed by atoms with van der Waals surface area (Å²) in [5, 5.41) is 0.453. The first-order valence-electron chi connectivity index (χ1n) is 10.7. The molecule has 0 aliphatic carbocycles. The van der Waals surface area contributed by atoms with Gasteiger partial charge in [-0.3, -0.25) is 4.55 Å². The van der Waals surface area contributed by atoms with Gasteiger partial charge in [0.15, 0.2) is 0 Å². The second-order valence-corrected chi connectivity index (χ2v) is 13.6. The lowest BCUT2D eigenvalue weighted by Gasteiger charge is -2.16. The fraction of sp³-hybridized carbons (Fsp3) is 0.308. The van der Waals surface area contributed by atoms with Crippen molar-refractivity contribution in [3.63, 3.8) is 0 Å². The molecule has 3 rings (SSSR count). The van der Waals surface area contributed by atoms with Crippen LogP contribution in [0.15, 0.2) is 77.7 Å². The Morgan fingerprint density at radius 2 is 1.55 bits per heavy atom. The van der Waals surface area contributed by atoms with Crippen LogP contribution in [0.3, 0.4) is 0 Å². The minimum absolute atomic E-state index is 0.0666. The molecule has 0 bridgehead atoms. The molecule has 33 heavy (non-hydrogen) atoms. The summed E-state index contributed by atoms with van der Waals surface area (Å²) in [6.45, 7) is 9.56. The number of halogens is 1. The number of hydrogen-bond donors (Lipinski definition) is 1. The molecule has 1 N–H and O–H groups in total. The number of hydrogen-bond acceptors (Lipinski definition) is 3. The van der Waals surface area contributed by atoms with E-state index in [1.54, 1.807) is 12.1 Å². The lowest BCUT2D eigenvalue weighted by molar-refractivity contribution is 0.317. The van der Waals surface area contributed by atoms with Crippen LogP contribution < -0.4 is 4.74 Å². The van der Waals surface area contributed by atoms with Crippen LogP contribution in [0.25, 0.3) is 11.1 Å². The fourth-order valence-corrected chi connectivity index (χ4v) is 5.11. The van der Waals surface area contributed by atoms with Gasteiger partial charge in [-0.15, -0.1) is 0 Å². The van der Waals surface area contributed by atoms with Gasteiger partial charge in [0.25, 0.3) is 10.1 Å². The highest BCUT2D eigenvalue weighted by atomic mass is 127. The normalized spacial score (nSPS) is 11.5. The molecule has 4 nitrogen and oxygen atoms in total. The molecule has 0 atom stereocenters. The predicted octanol–water partition coefficient (Wildman–Crippen LogP) is 7.31. The van der Waals surface area contributed by atoms with Gasteiger partial charge < -0.3 is 4.74 Å². The summed E-state index contributed by atoms with van der Waals surface area (Å²) >= 11 is 2.38. The van der Waals surface area contributed by atoms with Crippen molar-refractivity contribution < 1.29 is 17.7 Å². The van der Waals surface area contributed by atoms with Crippen molar-refractivity contribution in [2.45, 2.75) is 50.1 Å². The SMILES string of the molecule is CC(C)(C)[Si]CCCOc1ccc(-c2ccccc2I)cc1.Cc1ccc(S(=O)(=O)O)cc1. The monoisotopic (exact) mass is 594 g/mol. The zero-order valence-electron chi connectivity index (χ0n) is 19.5. The molecule has 176 valence electrons. The lowest BCUT2D eigenvalue weighted by Crippen LogP contribution is -2.09. The standard InChI is InChI=1S/C19H23IOSi.C7H8O3S/c1-19(2,3)22-14-6-13-21-16-11-9-15(10-12-16)17-7-4-5-8-18(17)20;1-6-2-4-7(5-3-6)11(8,9)10/h4-5,7-12H,6,13-14H2,1-3H3;2-5H,1H3,(H,8,9,10). The molecule has 0 aliphatic rings. The van der Waals surface area contributed by atoms with Crippen LogP contribution in [0.2, 0.25) is 11.1 Å². The molecule has 7 heteroatoms. The predicted molar refractivity (Wildman–Crippen MR) is 146 cm³/mol. The molecule has 3 aromatic carbocycles. The molecule has 0 heterocycles. The number of benzene rings is 3. The molecule has 0 fully saturated rings. The van der Waals surface area contributed by atoms with E-state index in [0.717, 1.165) is 33.9 Å². The van der Waals surface area contributed by atoms with E-state index < -0.39 is 10.1 Å². The van der Waals surface area contributed by atoms with Crippen LogP contribution in [0.4, 0.5) is 0 Å². The number of aryl methyl sites for hydroxylation is 1. The van der Waals surface area contributed by atoms with Gasteiger partial charge in [-0.05, 0) is 82.4 Å². The Kier molecular flexibility index (Phi) is 10.6. The van der Waals surface area contributed by atoms with Gasteiger partial charge in [0.05, 0.1) is 11.5 Å². The molecule has 3 aromatic rings. The maximum absolute atomic E-state index is 10.5. The van der Waals surface area contributed by atoms with Crippen LogP contribution in [-0.2, 0) is 10.1 Å². The van der Waals surface area contributed by atoms with Crippen molar-refractivity contribution >= 4 is 42.2 Å². The van der Waals surface area contributed by atoms with Gasteiger partial charge >= 0.3 is 0 Å². The highest BCUT2D eigenvalue weighted by Crippen LogP contribution is 2.27. The van der Waals surface area contributed by atoms with Crippen molar-refractivity contribution in [2.75, 3.05) is 6.61 Å². The molecular weight excluding hydrogens is 563 g/mol. The smallest absolute Gasteiger partial charge is 0.294 e. The van der Waals surface area contributed by atoms with Crippen molar-refractivity contribution in [3.8, 4) is 16.9 Å². The Bertz CT molecular complexity index is 1110. The van der Waals surface area contributed by atoms with Gasteiger partial charge in [0.2, 0.25) is 0 Å². The molecule has 0 unspecified atom stereocenters. The molecule has 0 saturated carbocycles. The second kappa shape index (κ2) is 12.7. The van der Waals surface area contributed by atoms with Gasteiger partial charge in [0, 0.05) is 13.1 Å². The Labute approximate surface area is 214 Å². The van der Waals surface area contributed by atoms with Gasteiger partial charge in [-0.1, -0.05) is 74.8 Å². The van der Waals surface area contributed by atoms with Crippen molar-refractivity contribution in [1.82, 2.24) is 0 Å². The maximum atomic E-state index is 10.5. The van der Waals surface area contributed by atoms with E-state index in [9.17, 15) is 8.42 Å². The number of rotatable bonds is 7. The lowest BCUT2D eigenvalue weighted by atomic mass is 10.1. The highest BCUT2D eigenvalue weighted by Gasteiger charge is 2.10. The van der Waals surface area contributed by atoms with Gasteiger partial charge in [0.1, 0.15) is 5.75 Å². The van der Waals surface area contributed by atoms with E-state index >= 15 is 0 Å². The van der Waals surface area contributed by atoms with E-state index in [1.807, 2.05) is 6.92 Å². The van der Waals surface area contributed by atoms with Crippen LogP contribution >= 0.6 is 22.6 Å². The molecule has 0 amide bonds. The van der Waals surface area contributed by atoms with E-state index in [2.05, 4.69) is 91.9 Å². The molecule has 0 spiro atoms. The summed E-state index contributed by atoms with van der Waals surface area (Å²) < 4.78 is 36.7. The molecule has 0 saturated heterocycles. The summed E-state index contributed by atoms with van der Waals surface area (Å²) in [5.41, 5.74) is 3.48. The quantitative estimate of drug-likeness (QED) is 0.135. The summed E-state index contributed by atoms with van der Waals surface area (Å²) in [4.78, 5) is -0.0666. The van der Waals surface area contributed by atoms with E-state index in [1.165, 1.54) is 32.9 Å². The van der Waals surface area contributed by atoms with Crippen LogP contribution in [0.5, 0.6) is 5.75 Å². The minimum Gasteiger partial charge on any atom is -0.494 e. The first-order chi connectivity index (χ1) is 15.5. The first-order valence-corrected chi connectivity index (χ1v) is 14.5. The largest absolute Gasteiger partial charge is 0.494 e. The third-order valence-electron chi connectivity index (χ3n) is 4.60. The average Bonchev–Trinajstić information content (AvgIpc) is 2.74. The van der Waals surface area contributed by atoms with Crippen molar-refractivity contribution in [1.29, 1.82) is 0 Å². The Hall–Kier alpha value is -1.68. The Balaban J connectivity index is 0.000000294.